The molecule has 0 aliphatic carbocycles. The summed E-state index contributed by atoms with van der Waals surface area (Å²) in [5, 5.41) is 11.0. The van der Waals surface area contributed by atoms with E-state index in [1.807, 2.05) is 20.0 Å². The van der Waals surface area contributed by atoms with Crippen molar-refractivity contribution < 1.29 is 0 Å². The molecule has 0 radical (unpaired) electrons. The maximum absolute atomic E-state index is 7.29. The summed E-state index contributed by atoms with van der Waals surface area (Å²) < 4.78 is 0. The molecule has 1 rings (SSSR count). The van der Waals surface area contributed by atoms with Gasteiger partial charge in [-0.2, -0.15) is 0 Å². The number of rotatable bonds is 12. The Balaban J connectivity index is 3.23. The summed E-state index contributed by atoms with van der Waals surface area (Å²) in [6, 6.07) is 2.26. The van der Waals surface area contributed by atoms with Crippen molar-refractivity contribution in [1.29, 1.82) is 5.41 Å². The molecule has 168 valence electrons. The van der Waals surface area contributed by atoms with E-state index in [4.69, 9.17) is 17.0 Å². The molecular formula is C26H37ClN4. The molecule has 0 saturated heterocycles. The van der Waals surface area contributed by atoms with Crippen LogP contribution in [0.1, 0.15) is 64.6 Å². The van der Waals surface area contributed by atoms with Crippen molar-refractivity contribution in [3.8, 4) is 0 Å². The van der Waals surface area contributed by atoms with Gasteiger partial charge in [0.2, 0.25) is 0 Å². The highest BCUT2D eigenvalue weighted by atomic mass is 35.5. The lowest BCUT2D eigenvalue weighted by atomic mass is 10.0. The minimum Gasteiger partial charge on any atom is -0.367 e. The predicted molar refractivity (Wildman–Crippen MR) is 137 cm³/mol. The van der Waals surface area contributed by atoms with Crippen LogP contribution in [0.3, 0.4) is 0 Å². The first-order chi connectivity index (χ1) is 14.7. The SMILES string of the molecule is C=C(Cl)/C(CN(/C=C\CC)C(C)c1cnc(N/C=C(/C)C=N)c(C)c1)=C(C)\C=C/CC. The second kappa shape index (κ2) is 13.7. The van der Waals surface area contributed by atoms with Gasteiger partial charge >= 0.3 is 0 Å². The van der Waals surface area contributed by atoms with Crippen LogP contribution in [0.25, 0.3) is 0 Å². The highest BCUT2D eigenvalue weighted by Crippen LogP contribution is 2.27. The third-order valence-electron chi connectivity index (χ3n) is 5.02. The zero-order valence-corrected chi connectivity index (χ0v) is 20.6. The van der Waals surface area contributed by atoms with E-state index in [1.165, 1.54) is 6.21 Å². The first-order valence-corrected chi connectivity index (χ1v) is 11.2. The number of hydrogen-bond acceptors (Lipinski definition) is 4. The maximum atomic E-state index is 7.29. The molecule has 0 spiro atoms. The van der Waals surface area contributed by atoms with Gasteiger partial charge in [0.15, 0.2) is 0 Å². The van der Waals surface area contributed by atoms with Crippen LogP contribution < -0.4 is 5.32 Å². The quantitative estimate of drug-likeness (QED) is 0.259. The summed E-state index contributed by atoms with van der Waals surface area (Å²) in [6.45, 7) is 17.1. The topological polar surface area (TPSA) is 52.0 Å². The fraction of sp³-hybridized carbons (Fsp3) is 0.385. The number of nitrogens with zero attached hydrogens (tertiary/aromatic N) is 2. The van der Waals surface area contributed by atoms with Gasteiger partial charge in [-0.1, -0.05) is 50.3 Å². The molecule has 0 aliphatic rings. The number of pyridine rings is 1. The van der Waals surface area contributed by atoms with Gasteiger partial charge in [0.1, 0.15) is 5.82 Å². The fourth-order valence-electron chi connectivity index (χ4n) is 2.95. The molecule has 0 aliphatic heterocycles. The Bertz CT molecular complexity index is 877. The number of nitrogens with one attached hydrogen (secondary N) is 2. The number of allylic oxidation sites excluding steroid dienone is 5. The third kappa shape index (κ3) is 8.58. The molecule has 0 aromatic carbocycles. The van der Waals surface area contributed by atoms with E-state index in [0.717, 1.165) is 46.5 Å². The van der Waals surface area contributed by atoms with Crippen molar-refractivity contribution in [3.05, 3.63) is 82.3 Å². The lowest BCUT2D eigenvalue weighted by Crippen LogP contribution is -2.25. The highest BCUT2D eigenvalue weighted by molar-refractivity contribution is 6.31. The molecule has 1 aromatic rings. The van der Waals surface area contributed by atoms with Gasteiger partial charge in [-0.05, 0) is 80.6 Å². The van der Waals surface area contributed by atoms with E-state index in [-0.39, 0.29) is 6.04 Å². The molecular weight excluding hydrogens is 404 g/mol. The van der Waals surface area contributed by atoms with E-state index in [1.54, 1.807) is 6.20 Å². The first kappa shape index (κ1) is 26.4. The highest BCUT2D eigenvalue weighted by Gasteiger charge is 2.17. The first-order valence-electron chi connectivity index (χ1n) is 10.8. The van der Waals surface area contributed by atoms with Gasteiger partial charge in [0.25, 0.3) is 0 Å². The summed E-state index contributed by atoms with van der Waals surface area (Å²) >= 11 is 6.39. The van der Waals surface area contributed by atoms with Crippen LogP contribution in [0, 0.1) is 12.3 Å². The molecule has 1 unspecified atom stereocenters. The van der Waals surface area contributed by atoms with Gasteiger partial charge in [-0.25, -0.2) is 4.98 Å². The van der Waals surface area contributed by atoms with Crippen LogP contribution in [0.2, 0.25) is 0 Å². The Hall–Kier alpha value is -2.59. The number of hydrogen-bond donors (Lipinski definition) is 2. The molecule has 0 amide bonds. The van der Waals surface area contributed by atoms with Crippen LogP contribution in [0.5, 0.6) is 0 Å². The largest absolute Gasteiger partial charge is 0.367 e. The number of anilines is 1. The van der Waals surface area contributed by atoms with Crippen LogP contribution in [-0.4, -0.2) is 22.6 Å². The lowest BCUT2D eigenvalue weighted by Gasteiger charge is -2.30. The van der Waals surface area contributed by atoms with E-state index in [9.17, 15) is 0 Å². The van der Waals surface area contributed by atoms with Crippen molar-refractivity contribution in [3.63, 3.8) is 0 Å². The van der Waals surface area contributed by atoms with Crippen LogP contribution in [0.15, 0.2) is 71.2 Å². The number of aromatic nitrogens is 1. The lowest BCUT2D eigenvalue weighted by molar-refractivity contribution is 0.321. The molecule has 0 fully saturated rings. The smallest absolute Gasteiger partial charge is 0.132 e. The average molecular weight is 441 g/mol. The third-order valence-corrected chi connectivity index (χ3v) is 5.25. The molecule has 31 heavy (non-hydrogen) atoms. The maximum Gasteiger partial charge on any atom is 0.132 e. The zero-order valence-electron chi connectivity index (χ0n) is 19.8. The van der Waals surface area contributed by atoms with Gasteiger partial charge in [-0.15, -0.1) is 0 Å². The van der Waals surface area contributed by atoms with E-state index in [2.05, 4.69) is 80.0 Å². The second-order valence-electron chi connectivity index (χ2n) is 7.63. The summed E-state index contributed by atoms with van der Waals surface area (Å²) in [5.74, 6) is 0.795. The molecule has 2 N–H and O–H groups in total. The Morgan fingerprint density at radius 2 is 1.97 bits per heavy atom. The van der Waals surface area contributed by atoms with Gasteiger partial charge in [0.05, 0.1) is 6.04 Å². The Kier molecular flexibility index (Phi) is 11.7. The Labute approximate surface area is 193 Å². The minimum absolute atomic E-state index is 0.107. The van der Waals surface area contributed by atoms with Crippen LogP contribution in [0.4, 0.5) is 5.82 Å². The second-order valence-corrected chi connectivity index (χ2v) is 8.09. The van der Waals surface area contributed by atoms with E-state index < -0.39 is 0 Å². The Morgan fingerprint density at radius 1 is 1.29 bits per heavy atom. The summed E-state index contributed by atoms with van der Waals surface area (Å²) in [4.78, 5) is 6.89. The van der Waals surface area contributed by atoms with Gasteiger partial charge < -0.3 is 15.6 Å². The van der Waals surface area contributed by atoms with Crippen LogP contribution >= 0.6 is 11.6 Å². The molecule has 1 heterocycles. The molecule has 1 atom stereocenters. The standard InChI is InChI=1S/C26H37ClN4/c1-8-10-12-20(4)25(22(6)27)18-31(13-11-9-2)23(7)24-14-21(5)26(30-17-24)29-16-19(3)15-28/h10-17,23,28H,6,8-9,18H2,1-5,7H3,(H,29,30)/b12-10-,13-11-,19-16-,25-20-,28-15?. The van der Waals surface area contributed by atoms with Crippen molar-refractivity contribution in [2.45, 2.75) is 60.4 Å². The molecule has 5 heteroatoms. The normalized spacial score (nSPS) is 14.0. The fourth-order valence-corrected chi connectivity index (χ4v) is 3.16. The Morgan fingerprint density at radius 3 is 2.52 bits per heavy atom. The summed E-state index contributed by atoms with van der Waals surface area (Å²) in [5.41, 5.74) is 5.18. The number of halogens is 1. The molecule has 0 bridgehead atoms. The van der Waals surface area contributed by atoms with E-state index >= 15 is 0 Å². The zero-order chi connectivity index (χ0) is 23.4. The van der Waals surface area contributed by atoms with Crippen molar-refractivity contribution >= 4 is 23.6 Å². The van der Waals surface area contributed by atoms with Crippen LogP contribution in [-0.2, 0) is 0 Å². The molecule has 0 saturated carbocycles. The minimum atomic E-state index is 0.107. The van der Waals surface area contributed by atoms with Crippen molar-refractivity contribution in [1.82, 2.24) is 9.88 Å². The molecule has 1 aromatic heterocycles. The summed E-state index contributed by atoms with van der Waals surface area (Å²) in [7, 11) is 0. The van der Waals surface area contributed by atoms with Crippen molar-refractivity contribution in [2.75, 3.05) is 11.9 Å². The van der Waals surface area contributed by atoms with Gasteiger partial charge in [0, 0.05) is 30.2 Å². The number of aryl methyl sites for hydroxylation is 1. The van der Waals surface area contributed by atoms with E-state index in [0.29, 0.717) is 11.6 Å². The predicted octanol–water partition coefficient (Wildman–Crippen LogP) is 7.68. The average Bonchev–Trinajstić information content (AvgIpc) is 2.75. The molecule has 4 nitrogen and oxygen atoms in total. The summed E-state index contributed by atoms with van der Waals surface area (Å²) in [6.07, 6.45) is 15.5. The van der Waals surface area contributed by atoms with Gasteiger partial charge in [-0.3, -0.25) is 0 Å². The monoisotopic (exact) mass is 440 g/mol. The van der Waals surface area contributed by atoms with Crippen molar-refractivity contribution in [2.24, 2.45) is 0 Å².